The minimum Gasteiger partial charge on any atom is -0.467 e. The van der Waals surface area contributed by atoms with Gasteiger partial charge in [-0.05, 0) is 31.3 Å². The fraction of sp³-hybridized carbons (Fsp3) is 0.267. The Morgan fingerprint density at radius 1 is 1.38 bits per heavy atom. The highest BCUT2D eigenvalue weighted by molar-refractivity contribution is 6.31. The second-order valence-corrected chi connectivity index (χ2v) is 5.14. The van der Waals surface area contributed by atoms with Gasteiger partial charge in [-0.25, -0.2) is 4.39 Å². The molecule has 2 aromatic rings. The van der Waals surface area contributed by atoms with Crippen LogP contribution in [-0.4, -0.2) is 24.4 Å². The van der Waals surface area contributed by atoms with E-state index in [1.165, 1.54) is 6.07 Å². The summed E-state index contributed by atoms with van der Waals surface area (Å²) in [5, 5.41) is 3.09. The molecule has 1 heterocycles. The molecule has 0 bridgehead atoms. The van der Waals surface area contributed by atoms with Gasteiger partial charge < -0.3 is 9.73 Å². The van der Waals surface area contributed by atoms with E-state index in [0.29, 0.717) is 22.9 Å². The van der Waals surface area contributed by atoms with Gasteiger partial charge in [-0.15, -0.1) is 0 Å². The molecule has 0 aliphatic carbocycles. The summed E-state index contributed by atoms with van der Waals surface area (Å²) in [6.07, 6.45) is 1.55. The maximum atomic E-state index is 13.7. The van der Waals surface area contributed by atoms with Gasteiger partial charge in [-0.2, -0.15) is 0 Å². The van der Waals surface area contributed by atoms with E-state index in [4.69, 9.17) is 16.0 Å². The van der Waals surface area contributed by atoms with Crippen LogP contribution >= 0.6 is 11.6 Å². The van der Waals surface area contributed by atoms with Gasteiger partial charge in [0.1, 0.15) is 11.6 Å². The summed E-state index contributed by atoms with van der Waals surface area (Å²) in [6.45, 7) is 0.741. The van der Waals surface area contributed by atoms with E-state index < -0.39 is 0 Å². The van der Waals surface area contributed by atoms with Crippen molar-refractivity contribution in [3.8, 4) is 0 Å². The molecule has 0 aliphatic heterocycles. The topological polar surface area (TPSA) is 45.5 Å². The molecule has 0 unspecified atom stereocenters. The number of halogens is 2. The second kappa shape index (κ2) is 7.24. The Balaban J connectivity index is 1.83. The molecule has 0 saturated carbocycles. The summed E-state index contributed by atoms with van der Waals surface area (Å²) in [5.74, 6) is 0.148. The maximum absolute atomic E-state index is 13.7. The number of furan rings is 1. The highest BCUT2D eigenvalue weighted by Crippen LogP contribution is 2.20. The van der Waals surface area contributed by atoms with Crippen LogP contribution in [0.4, 0.5) is 4.39 Å². The van der Waals surface area contributed by atoms with Crippen LogP contribution in [0.5, 0.6) is 0 Å². The van der Waals surface area contributed by atoms with Crippen molar-refractivity contribution >= 4 is 17.5 Å². The second-order valence-electron chi connectivity index (χ2n) is 4.73. The first kappa shape index (κ1) is 15.5. The summed E-state index contributed by atoms with van der Waals surface area (Å²) in [6, 6.07) is 8.07. The van der Waals surface area contributed by atoms with Crippen molar-refractivity contribution in [2.45, 2.75) is 13.1 Å². The van der Waals surface area contributed by atoms with Crippen LogP contribution in [0.1, 0.15) is 11.3 Å². The first-order valence-electron chi connectivity index (χ1n) is 6.47. The average molecular weight is 311 g/mol. The maximum Gasteiger partial charge on any atom is 0.234 e. The van der Waals surface area contributed by atoms with Crippen molar-refractivity contribution in [1.82, 2.24) is 10.2 Å². The van der Waals surface area contributed by atoms with Crippen LogP contribution in [0, 0.1) is 5.82 Å². The monoisotopic (exact) mass is 310 g/mol. The Morgan fingerprint density at radius 3 is 2.86 bits per heavy atom. The highest BCUT2D eigenvalue weighted by Gasteiger charge is 2.12. The summed E-state index contributed by atoms with van der Waals surface area (Å²) >= 11 is 5.96. The Hall–Kier alpha value is -1.85. The molecule has 1 aromatic carbocycles. The minimum absolute atomic E-state index is 0.144. The first-order chi connectivity index (χ1) is 10.1. The molecular weight excluding hydrogens is 295 g/mol. The van der Waals surface area contributed by atoms with Crippen molar-refractivity contribution in [1.29, 1.82) is 0 Å². The fourth-order valence-electron chi connectivity index (χ4n) is 1.91. The van der Waals surface area contributed by atoms with Crippen molar-refractivity contribution in [3.05, 3.63) is 58.8 Å². The Labute approximate surface area is 127 Å². The molecule has 0 radical (unpaired) electrons. The number of likely N-dealkylation sites (N-methyl/N-ethyl adjacent to an activating group) is 1. The van der Waals surface area contributed by atoms with Gasteiger partial charge in [0.15, 0.2) is 0 Å². The van der Waals surface area contributed by atoms with Crippen molar-refractivity contribution in [3.63, 3.8) is 0 Å². The molecule has 0 saturated heterocycles. The van der Waals surface area contributed by atoms with Gasteiger partial charge in [-0.1, -0.05) is 17.7 Å². The standard InChI is InChI=1S/C15H16ClFN2O2/c1-19(9-12-13(16)5-2-6-14(12)17)10-15(20)18-8-11-4-3-7-21-11/h2-7H,8-10H2,1H3,(H,18,20). The van der Waals surface area contributed by atoms with Crippen LogP contribution in [-0.2, 0) is 17.9 Å². The number of benzene rings is 1. The molecule has 1 N–H and O–H groups in total. The Bertz CT molecular complexity index is 581. The van der Waals surface area contributed by atoms with E-state index in [0.717, 1.165) is 0 Å². The lowest BCUT2D eigenvalue weighted by molar-refractivity contribution is -0.122. The average Bonchev–Trinajstić information content (AvgIpc) is 2.94. The number of rotatable bonds is 6. The Morgan fingerprint density at radius 2 is 2.19 bits per heavy atom. The Kier molecular flexibility index (Phi) is 5.36. The summed E-state index contributed by atoms with van der Waals surface area (Å²) < 4.78 is 18.8. The first-order valence-corrected chi connectivity index (χ1v) is 6.84. The molecule has 1 amide bonds. The van der Waals surface area contributed by atoms with Gasteiger partial charge in [-0.3, -0.25) is 9.69 Å². The largest absolute Gasteiger partial charge is 0.467 e. The third-order valence-corrected chi connectivity index (χ3v) is 3.30. The van der Waals surface area contributed by atoms with Crippen LogP contribution < -0.4 is 5.32 Å². The third-order valence-electron chi connectivity index (χ3n) is 2.94. The number of carbonyl (C=O) groups is 1. The van der Waals surface area contributed by atoms with Gasteiger partial charge in [0.2, 0.25) is 5.91 Å². The van der Waals surface area contributed by atoms with Gasteiger partial charge in [0.25, 0.3) is 0 Å². The summed E-state index contributed by atoms with van der Waals surface area (Å²) in [7, 11) is 1.73. The summed E-state index contributed by atoms with van der Waals surface area (Å²) in [4.78, 5) is 13.5. The van der Waals surface area contributed by atoms with Gasteiger partial charge in [0.05, 0.1) is 19.4 Å². The fourth-order valence-corrected chi connectivity index (χ4v) is 2.13. The van der Waals surface area contributed by atoms with Crippen LogP contribution in [0.15, 0.2) is 41.0 Å². The summed E-state index contributed by atoms with van der Waals surface area (Å²) in [5.41, 5.74) is 0.389. The van der Waals surface area contributed by atoms with Gasteiger partial charge in [0, 0.05) is 17.1 Å². The van der Waals surface area contributed by atoms with E-state index in [2.05, 4.69) is 5.32 Å². The van der Waals surface area contributed by atoms with Gasteiger partial charge >= 0.3 is 0 Å². The minimum atomic E-state index is -0.370. The molecule has 0 fully saturated rings. The van der Waals surface area contributed by atoms with Crippen LogP contribution in [0.3, 0.4) is 0 Å². The van der Waals surface area contributed by atoms with Crippen LogP contribution in [0.25, 0.3) is 0 Å². The SMILES string of the molecule is CN(CC(=O)NCc1ccco1)Cc1c(F)cccc1Cl. The lowest BCUT2D eigenvalue weighted by Gasteiger charge is -2.17. The van der Waals surface area contributed by atoms with E-state index in [1.54, 1.807) is 42.5 Å². The predicted molar refractivity (Wildman–Crippen MR) is 78.3 cm³/mol. The highest BCUT2D eigenvalue weighted by atomic mass is 35.5. The molecule has 0 spiro atoms. The lowest BCUT2D eigenvalue weighted by atomic mass is 10.2. The van der Waals surface area contributed by atoms with Crippen LogP contribution in [0.2, 0.25) is 5.02 Å². The van der Waals surface area contributed by atoms with E-state index in [-0.39, 0.29) is 24.8 Å². The quantitative estimate of drug-likeness (QED) is 0.892. The molecule has 4 nitrogen and oxygen atoms in total. The zero-order chi connectivity index (χ0) is 15.2. The normalized spacial score (nSPS) is 10.9. The lowest BCUT2D eigenvalue weighted by Crippen LogP contribution is -2.34. The number of amides is 1. The number of carbonyl (C=O) groups excluding carboxylic acids is 1. The van der Waals surface area contributed by atoms with Crippen molar-refractivity contribution in [2.75, 3.05) is 13.6 Å². The van der Waals surface area contributed by atoms with E-state index in [1.807, 2.05) is 0 Å². The third kappa shape index (κ3) is 4.58. The molecule has 0 atom stereocenters. The number of nitrogens with zero attached hydrogens (tertiary/aromatic N) is 1. The smallest absolute Gasteiger partial charge is 0.234 e. The molecular formula is C15H16ClFN2O2. The molecule has 1 aromatic heterocycles. The molecule has 112 valence electrons. The molecule has 2 rings (SSSR count). The van der Waals surface area contributed by atoms with Crippen molar-refractivity contribution in [2.24, 2.45) is 0 Å². The molecule has 0 aliphatic rings. The van der Waals surface area contributed by atoms with Crippen molar-refractivity contribution < 1.29 is 13.6 Å². The van der Waals surface area contributed by atoms with E-state index >= 15 is 0 Å². The predicted octanol–water partition coefficient (Wildman–Crippen LogP) is 2.82. The zero-order valence-corrected chi connectivity index (χ0v) is 12.4. The molecule has 6 heteroatoms. The molecule has 21 heavy (non-hydrogen) atoms. The van der Waals surface area contributed by atoms with E-state index in [9.17, 15) is 9.18 Å². The number of nitrogens with one attached hydrogen (secondary N) is 1. The zero-order valence-electron chi connectivity index (χ0n) is 11.6. The number of hydrogen-bond acceptors (Lipinski definition) is 3. The number of hydrogen-bond donors (Lipinski definition) is 1.